The molecule has 4 nitrogen and oxygen atoms in total. The average molecular weight is 333 g/mol. The van der Waals surface area contributed by atoms with Crippen LogP contribution in [0.4, 0.5) is 0 Å². The van der Waals surface area contributed by atoms with Crippen molar-refractivity contribution in [3.63, 3.8) is 0 Å². The Kier molecular flexibility index (Phi) is 3.47. The van der Waals surface area contributed by atoms with Crippen molar-refractivity contribution in [2.24, 2.45) is 5.41 Å². The molecular weight excluding hydrogens is 314 g/mol. The number of fused-ring (bicyclic) bond motifs is 2. The first-order valence-corrected chi connectivity index (χ1v) is 8.26. The van der Waals surface area contributed by atoms with Gasteiger partial charge in [-0.2, -0.15) is 5.26 Å². The van der Waals surface area contributed by atoms with E-state index in [1.165, 1.54) is 0 Å². The number of aryl methyl sites for hydroxylation is 1. The maximum atomic E-state index is 11.3. The Morgan fingerprint density at radius 3 is 2.72 bits per heavy atom. The van der Waals surface area contributed by atoms with Crippen LogP contribution in [0.25, 0.3) is 0 Å². The van der Waals surface area contributed by atoms with Gasteiger partial charge < -0.3 is 14.6 Å². The average Bonchev–Trinajstić information content (AvgIpc) is 2.99. The molecule has 0 aliphatic carbocycles. The molecule has 0 aromatic heterocycles. The van der Waals surface area contributed by atoms with E-state index in [2.05, 4.69) is 12.6 Å². The minimum atomic E-state index is -1.31. The van der Waals surface area contributed by atoms with Crippen LogP contribution in [0, 0.1) is 23.7 Å². The first kappa shape index (κ1) is 15.9. The van der Waals surface area contributed by atoms with E-state index < -0.39 is 23.2 Å². The first-order chi connectivity index (χ1) is 12.1. The van der Waals surface area contributed by atoms with Gasteiger partial charge in [0.25, 0.3) is 0 Å². The summed E-state index contributed by atoms with van der Waals surface area (Å²) in [5.74, 6) is 0.557. The van der Waals surface area contributed by atoms with Crippen molar-refractivity contribution in [2.45, 2.75) is 24.7 Å². The number of aliphatic hydroxyl groups is 1. The molecule has 2 aliphatic rings. The molecule has 0 spiro atoms. The fourth-order valence-electron chi connectivity index (χ4n) is 4.13. The first-order valence-electron chi connectivity index (χ1n) is 8.26. The molecule has 0 amide bonds. The molecule has 4 atom stereocenters. The smallest absolute Gasteiger partial charge is 0.223 e. The summed E-state index contributed by atoms with van der Waals surface area (Å²) in [5, 5.41) is 21.5. The second-order valence-electron chi connectivity index (χ2n) is 6.73. The van der Waals surface area contributed by atoms with Crippen LogP contribution in [0.5, 0.6) is 5.75 Å². The number of nitrogens with zero attached hydrogens (tertiary/aromatic N) is 1. The van der Waals surface area contributed by atoms with E-state index in [9.17, 15) is 10.4 Å². The van der Waals surface area contributed by atoms with Crippen molar-refractivity contribution in [1.29, 1.82) is 5.26 Å². The third-order valence-corrected chi connectivity index (χ3v) is 5.52. The number of rotatable bonds is 2. The van der Waals surface area contributed by atoms with E-state index in [0.29, 0.717) is 11.3 Å². The summed E-state index contributed by atoms with van der Waals surface area (Å²) in [5.41, 5.74) is 0.319. The predicted molar refractivity (Wildman–Crippen MR) is 92.9 cm³/mol. The Hall–Kier alpha value is -2.61. The molecule has 126 valence electrons. The van der Waals surface area contributed by atoms with Crippen LogP contribution >= 0.6 is 0 Å². The number of benzene rings is 2. The minimum absolute atomic E-state index is 0.225. The van der Waals surface area contributed by atoms with Crippen molar-refractivity contribution in [2.75, 3.05) is 6.61 Å². The maximum absolute atomic E-state index is 11.3. The molecule has 1 N–H and O–H groups in total. The minimum Gasteiger partial charge on any atom is -0.463 e. The number of ether oxygens (including phenoxy) is 2. The van der Waals surface area contributed by atoms with Gasteiger partial charge in [0.2, 0.25) is 6.29 Å². The van der Waals surface area contributed by atoms with Gasteiger partial charge in [-0.3, -0.25) is 0 Å². The van der Waals surface area contributed by atoms with Crippen molar-refractivity contribution in [1.82, 2.24) is 0 Å². The lowest BCUT2D eigenvalue weighted by atomic mass is 9.57. The van der Waals surface area contributed by atoms with Gasteiger partial charge >= 0.3 is 0 Å². The molecule has 0 unspecified atom stereocenters. The molecule has 4 rings (SSSR count). The molecule has 25 heavy (non-hydrogen) atoms. The van der Waals surface area contributed by atoms with Crippen LogP contribution in [0.1, 0.15) is 22.8 Å². The molecule has 4 heteroatoms. The Labute approximate surface area is 146 Å². The van der Waals surface area contributed by atoms with Gasteiger partial charge in [0.05, 0.1) is 18.1 Å². The molecule has 0 bridgehead atoms. The van der Waals surface area contributed by atoms with Crippen molar-refractivity contribution < 1.29 is 14.6 Å². The molecule has 1 fully saturated rings. The Bertz CT molecular complexity index is 872. The van der Waals surface area contributed by atoms with Crippen molar-refractivity contribution >= 4 is 0 Å². The standard InChI is InChI=1S/C21H19NO3/c1-3-20(15-7-5-4-6-8-15)13-24-19-21(20,12-22)18(23)16-11-14(2)9-10-17(16)25-19/h3-11,18-19,23H,1,13H2,2H3/t18-,19+,20-,21-/m1/s1. The second-order valence-corrected chi connectivity index (χ2v) is 6.73. The SMILES string of the molecule is C=C[C@]1(c2ccccc2)CO[C@H]2Oc3ccc(C)cc3[C@@H](O)[C@]21C#N. The third-order valence-electron chi connectivity index (χ3n) is 5.52. The van der Waals surface area contributed by atoms with Crippen LogP contribution in [-0.4, -0.2) is 18.0 Å². The van der Waals surface area contributed by atoms with Gasteiger partial charge in [-0.1, -0.05) is 48.0 Å². The molecule has 1 saturated heterocycles. The number of aliphatic hydroxyl groups excluding tert-OH is 1. The van der Waals surface area contributed by atoms with E-state index >= 15 is 0 Å². The van der Waals surface area contributed by atoms with Gasteiger partial charge in [0.15, 0.2) is 5.41 Å². The van der Waals surface area contributed by atoms with Gasteiger partial charge in [0.1, 0.15) is 11.9 Å². The Morgan fingerprint density at radius 1 is 1.28 bits per heavy atom. The van der Waals surface area contributed by atoms with Crippen molar-refractivity contribution in [3.8, 4) is 11.8 Å². The Morgan fingerprint density at radius 2 is 2.04 bits per heavy atom. The zero-order valence-corrected chi connectivity index (χ0v) is 14.0. The zero-order valence-electron chi connectivity index (χ0n) is 14.0. The van der Waals surface area contributed by atoms with E-state index in [-0.39, 0.29) is 6.61 Å². The van der Waals surface area contributed by atoms with Crippen LogP contribution in [0.3, 0.4) is 0 Å². The molecule has 2 aromatic carbocycles. The molecule has 2 heterocycles. The van der Waals surface area contributed by atoms with E-state index in [1.54, 1.807) is 6.08 Å². The largest absolute Gasteiger partial charge is 0.463 e. The fraction of sp³-hybridized carbons (Fsp3) is 0.286. The van der Waals surface area contributed by atoms with Gasteiger partial charge in [-0.05, 0) is 24.6 Å². The normalized spacial score (nSPS) is 32.8. The highest BCUT2D eigenvalue weighted by Gasteiger charge is 2.69. The maximum Gasteiger partial charge on any atom is 0.223 e. The summed E-state index contributed by atoms with van der Waals surface area (Å²) in [6, 6.07) is 17.6. The highest BCUT2D eigenvalue weighted by molar-refractivity contribution is 5.49. The zero-order chi connectivity index (χ0) is 17.7. The second kappa shape index (κ2) is 5.45. The van der Waals surface area contributed by atoms with Gasteiger partial charge in [-0.15, -0.1) is 6.58 Å². The predicted octanol–water partition coefficient (Wildman–Crippen LogP) is 3.41. The molecule has 2 aliphatic heterocycles. The summed E-state index contributed by atoms with van der Waals surface area (Å²) in [7, 11) is 0. The van der Waals surface area contributed by atoms with Crippen LogP contribution in [-0.2, 0) is 10.2 Å². The van der Waals surface area contributed by atoms with Crippen LogP contribution in [0.15, 0.2) is 61.2 Å². The summed E-state index contributed by atoms with van der Waals surface area (Å²) in [6.45, 7) is 6.16. The topological polar surface area (TPSA) is 62.5 Å². The number of hydrogen-bond donors (Lipinski definition) is 1. The van der Waals surface area contributed by atoms with E-state index in [0.717, 1.165) is 11.1 Å². The molecule has 0 saturated carbocycles. The lowest BCUT2D eigenvalue weighted by Crippen LogP contribution is -2.53. The van der Waals surface area contributed by atoms with Crippen molar-refractivity contribution in [3.05, 3.63) is 77.9 Å². The molecule has 0 radical (unpaired) electrons. The van der Waals surface area contributed by atoms with Gasteiger partial charge in [-0.25, -0.2) is 0 Å². The Balaban J connectivity index is 1.97. The highest BCUT2D eigenvalue weighted by Crippen LogP contribution is 2.61. The fourth-order valence-corrected chi connectivity index (χ4v) is 4.13. The lowest BCUT2D eigenvalue weighted by molar-refractivity contribution is -0.136. The van der Waals surface area contributed by atoms with Crippen LogP contribution in [0.2, 0.25) is 0 Å². The number of hydrogen-bond acceptors (Lipinski definition) is 4. The highest BCUT2D eigenvalue weighted by atomic mass is 16.7. The number of nitriles is 1. The van der Waals surface area contributed by atoms with E-state index in [1.807, 2.05) is 55.5 Å². The third kappa shape index (κ3) is 1.88. The molecular formula is C21H19NO3. The summed E-state index contributed by atoms with van der Waals surface area (Å²) >= 11 is 0. The summed E-state index contributed by atoms with van der Waals surface area (Å²) in [4.78, 5) is 0. The lowest BCUT2D eigenvalue weighted by Gasteiger charge is -2.45. The molecule has 2 aromatic rings. The van der Waals surface area contributed by atoms with E-state index in [4.69, 9.17) is 9.47 Å². The quantitative estimate of drug-likeness (QED) is 0.856. The monoisotopic (exact) mass is 333 g/mol. The summed E-state index contributed by atoms with van der Waals surface area (Å²) < 4.78 is 11.9. The van der Waals surface area contributed by atoms with Gasteiger partial charge in [0, 0.05) is 5.56 Å². The van der Waals surface area contributed by atoms with Crippen LogP contribution < -0.4 is 4.74 Å². The summed E-state index contributed by atoms with van der Waals surface area (Å²) in [6.07, 6.45) is -0.188.